The van der Waals surface area contributed by atoms with Crippen LogP contribution in [0.15, 0.2) is 53.7 Å². The Morgan fingerprint density at radius 3 is 2.56 bits per heavy atom. The lowest BCUT2D eigenvalue weighted by Crippen LogP contribution is -2.00. The third kappa shape index (κ3) is 5.17. The molecule has 0 radical (unpaired) electrons. The summed E-state index contributed by atoms with van der Waals surface area (Å²) in [6.45, 7) is 3.99. The van der Waals surface area contributed by atoms with Gasteiger partial charge in [0, 0.05) is 22.9 Å². The van der Waals surface area contributed by atoms with E-state index in [4.69, 9.17) is 16.3 Å². The number of aromatic nitrogens is 2. The van der Waals surface area contributed by atoms with Crippen molar-refractivity contribution in [2.45, 2.75) is 30.7 Å². The van der Waals surface area contributed by atoms with Crippen molar-refractivity contribution in [2.75, 3.05) is 0 Å². The minimum atomic E-state index is -0.787. The molecule has 140 valence electrons. The quantitative estimate of drug-likeness (QED) is 0.340. The SMILES string of the molecule is CC(C)c1cc(Oc2ccc(F)cc2F)nc(SCc2ccccc2Cl)n1. The van der Waals surface area contributed by atoms with Gasteiger partial charge in [0.25, 0.3) is 0 Å². The van der Waals surface area contributed by atoms with Gasteiger partial charge in [-0.05, 0) is 29.7 Å². The van der Waals surface area contributed by atoms with Crippen molar-refractivity contribution in [1.82, 2.24) is 9.97 Å². The summed E-state index contributed by atoms with van der Waals surface area (Å²) in [5.74, 6) is -0.613. The molecule has 0 aliphatic carbocycles. The number of ether oxygens (including phenoxy) is 1. The Morgan fingerprint density at radius 1 is 1.07 bits per heavy atom. The average molecular weight is 407 g/mol. The van der Waals surface area contributed by atoms with Crippen LogP contribution in [0, 0.1) is 11.6 Å². The number of nitrogens with zero attached hydrogens (tertiary/aromatic N) is 2. The number of benzene rings is 2. The normalized spacial score (nSPS) is 11.0. The molecule has 1 heterocycles. The summed E-state index contributed by atoms with van der Waals surface area (Å²) in [7, 11) is 0. The van der Waals surface area contributed by atoms with Gasteiger partial charge in [-0.3, -0.25) is 0 Å². The predicted molar refractivity (Wildman–Crippen MR) is 104 cm³/mol. The first kappa shape index (κ1) is 19.6. The number of halogens is 3. The molecule has 0 aliphatic heterocycles. The first-order valence-corrected chi connectivity index (χ1v) is 9.67. The molecular weight excluding hydrogens is 390 g/mol. The summed E-state index contributed by atoms with van der Waals surface area (Å²) in [4.78, 5) is 8.88. The van der Waals surface area contributed by atoms with Crippen LogP contribution in [0.5, 0.6) is 11.6 Å². The van der Waals surface area contributed by atoms with Crippen LogP contribution in [0.2, 0.25) is 5.02 Å². The van der Waals surface area contributed by atoms with E-state index in [1.54, 1.807) is 6.07 Å². The Morgan fingerprint density at radius 2 is 1.85 bits per heavy atom. The number of rotatable bonds is 6. The third-order valence-corrected chi connectivity index (χ3v) is 4.98. The van der Waals surface area contributed by atoms with Gasteiger partial charge in [0.2, 0.25) is 5.88 Å². The second kappa shape index (κ2) is 8.67. The minimum absolute atomic E-state index is 0.0909. The first-order valence-electron chi connectivity index (χ1n) is 8.30. The zero-order valence-corrected chi connectivity index (χ0v) is 16.3. The molecule has 7 heteroatoms. The Balaban J connectivity index is 1.85. The van der Waals surface area contributed by atoms with Crippen molar-refractivity contribution in [3.63, 3.8) is 0 Å². The fourth-order valence-corrected chi connectivity index (χ4v) is 3.40. The second-order valence-electron chi connectivity index (χ2n) is 6.13. The van der Waals surface area contributed by atoms with Crippen molar-refractivity contribution in [2.24, 2.45) is 0 Å². The Bertz CT molecular complexity index is 953. The van der Waals surface area contributed by atoms with E-state index in [-0.39, 0.29) is 17.5 Å². The maximum atomic E-state index is 13.9. The number of hydrogen-bond donors (Lipinski definition) is 0. The van der Waals surface area contributed by atoms with Crippen LogP contribution >= 0.6 is 23.4 Å². The third-order valence-electron chi connectivity index (χ3n) is 3.72. The largest absolute Gasteiger partial charge is 0.436 e. The maximum absolute atomic E-state index is 13.9. The lowest BCUT2D eigenvalue weighted by molar-refractivity contribution is 0.417. The molecule has 3 nitrogen and oxygen atoms in total. The van der Waals surface area contributed by atoms with E-state index >= 15 is 0 Å². The maximum Gasteiger partial charge on any atom is 0.223 e. The topological polar surface area (TPSA) is 35.0 Å². The van der Waals surface area contributed by atoms with Gasteiger partial charge in [-0.15, -0.1) is 0 Å². The molecule has 2 aromatic carbocycles. The molecule has 27 heavy (non-hydrogen) atoms. The fraction of sp³-hybridized carbons (Fsp3) is 0.200. The molecule has 3 aromatic rings. The van der Waals surface area contributed by atoms with E-state index in [0.717, 1.165) is 23.4 Å². The monoisotopic (exact) mass is 406 g/mol. The molecule has 0 fully saturated rings. The molecule has 0 atom stereocenters. The van der Waals surface area contributed by atoms with Crippen molar-refractivity contribution in [1.29, 1.82) is 0 Å². The molecule has 0 spiro atoms. The smallest absolute Gasteiger partial charge is 0.223 e. The summed E-state index contributed by atoms with van der Waals surface area (Å²) < 4.78 is 32.5. The van der Waals surface area contributed by atoms with Crippen molar-refractivity contribution < 1.29 is 13.5 Å². The van der Waals surface area contributed by atoms with Crippen LogP contribution in [0.1, 0.15) is 31.0 Å². The van der Waals surface area contributed by atoms with E-state index in [0.29, 0.717) is 15.9 Å². The molecule has 0 saturated heterocycles. The highest BCUT2D eigenvalue weighted by Gasteiger charge is 2.13. The van der Waals surface area contributed by atoms with E-state index in [2.05, 4.69) is 9.97 Å². The van der Waals surface area contributed by atoms with Gasteiger partial charge in [0.15, 0.2) is 16.7 Å². The van der Waals surface area contributed by atoms with Crippen molar-refractivity contribution in [3.8, 4) is 11.6 Å². The molecule has 3 rings (SSSR count). The van der Waals surface area contributed by atoms with E-state index < -0.39 is 11.6 Å². The summed E-state index contributed by atoms with van der Waals surface area (Å²) in [6, 6.07) is 12.4. The molecule has 0 saturated carbocycles. The highest BCUT2D eigenvalue weighted by molar-refractivity contribution is 7.98. The van der Waals surface area contributed by atoms with E-state index in [1.165, 1.54) is 17.8 Å². The van der Waals surface area contributed by atoms with Crippen LogP contribution in [0.25, 0.3) is 0 Å². The first-order chi connectivity index (χ1) is 12.9. The summed E-state index contributed by atoms with van der Waals surface area (Å²) in [5, 5.41) is 1.17. The summed E-state index contributed by atoms with van der Waals surface area (Å²) in [5.41, 5.74) is 1.74. The van der Waals surface area contributed by atoms with Crippen LogP contribution in [0.3, 0.4) is 0 Å². The van der Waals surface area contributed by atoms with Gasteiger partial charge in [-0.1, -0.05) is 55.4 Å². The summed E-state index contributed by atoms with van der Waals surface area (Å²) in [6.07, 6.45) is 0. The molecule has 0 aliphatic rings. The van der Waals surface area contributed by atoms with Crippen molar-refractivity contribution in [3.05, 3.63) is 76.4 Å². The highest BCUT2D eigenvalue weighted by atomic mass is 35.5. The predicted octanol–water partition coefficient (Wildman–Crippen LogP) is 6.62. The molecular formula is C20H17ClF2N2OS. The Hall–Kier alpha value is -2.18. The Labute approximate surface area is 165 Å². The van der Waals surface area contributed by atoms with Gasteiger partial charge >= 0.3 is 0 Å². The lowest BCUT2D eigenvalue weighted by atomic mass is 10.1. The second-order valence-corrected chi connectivity index (χ2v) is 7.47. The zero-order chi connectivity index (χ0) is 19.4. The van der Waals surface area contributed by atoms with Crippen LogP contribution in [0.4, 0.5) is 8.78 Å². The lowest BCUT2D eigenvalue weighted by Gasteiger charge is -2.11. The van der Waals surface area contributed by atoms with E-state index in [1.807, 2.05) is 38.1 Å². The molecule has 0 amide bonds. The van der Waals surface area contributed by atoms with E-state index in [9.17, 15) is 8.78 Å². The fourth-order valence-electron chi connectivity index (χ4n) is 2.26. The standard InChI is InChI=1S/C20H17ClF2N2OS/c1-12(2)17-10-19(26-18-8-7-14(22)9-16(18)23)25-20(24-17)27-11-13-5-3-4-6-15(13)21/h3-10,12H,11H2,1-2H3. The number of hydrogen-bond acceptors (Lipinski definition) is 4. The molecule has 1 aromatic heterocycles. The molecule has 0 bridgehead atoms. The van der Waals surface area contributed by atoms with Crippen molar-refractivity contribution >= 4 is 23.4 Å². The van der Waals surface area contributed by atoms with Crippen LogP contribution in [-0.2, 0) is 5.75 Å². The highest BCUT2D eigenvalue weighted by Crippen LogP contribution is 2.30. The molecule has 0 N–H and O–H groups in total. The average Bonchev–Trinajstić information content (AvgIpc) is 2.63. The van der Waals surface area contributed by atoms with Gasteiger partial charge in [-0.2, -0.15) is 4.98 Å². The summed E-state index contributed by atoms with van der Waals surface area (Å²) >= 11 is 7.60. The minimum Gasteiger partial charge on any atom is -0.436 e. The van der Waals surface area contributed by atoms with Gasteiger partial charge in [0.1, 0.15) is 5.82 Å². The van der Waals surface area contributed by atoms with Gasteiger partial charge in [0.05, 0.1) is 5.69 Å². The van der Waals surface area contributed by atoms with Gasteiger partial charge < -0.3 is 4.74 Å². The molecule has 0 unspecified atom stereocenters. The number of thioether (sulfide) groups is 1. The zero-order valence-electron chi connectivity index (χ0n) is 14.7. The van der Waals surface area contributed by atoms with Crippen LogP contribution < -0.4 is 4.74 Å². The van der Waals surface area contributed by atoms with Crippen LogP contribution in [-0.4, -0.2) is 9.97 Å². The van der Waals surface area contributed by atoms with Gasteiger partial charge in [-0.25, -0.2) is 13.8 Å². The Kier molecular flexibility index (Phi) is 6.29.